The van der Waals surface area contributed by atoms with Crippen LogP contribution in [0.25, 0.3) is 0 Å². The number of thioether (sulfide) groups is 1. The van der Waals surface area contributed by atoms with E-state index in [1.807, 2.05) is 0 Å². The lowest BCUT2D eigenvalue weighted by Crippen LogP contribution is -2.26. The summed E-state index contributed by atoms with van der Waals surface area (Å²) in [5, 5.41) is 8.43. The molecule has 0 spiro atoms. The average Bonchev–Trinajstić information content (AvgIpc) is 2.14. The van der Waals surface area contributed by atoms with Crippen LogP contribution in [0.1, 0.15) is 0 Å². The van der Waals surface area contributed by atoms with Crippen LogP contribution in [0.3, 0.4) is 0 Å². The van der Waals surface area contributed by atoms with E-state index in [2.05, 4.69) is 0 Å². The summed E-state index contributed by atoms with van der Waals surface area (Å²) in [5.41, 5.74) is 0. The largest absolute Gasteiger partial charge is 0.376 e. The van der Waals surface area contributed by atoms with Crippen molar-refractivity contribution >= 4 is 17.7 Å². The van der Waals surface area contributed by atoms with Crippen molar-refractivity contribution in [2.24, 2.45) is 0 Å². The maximum Gasteiger partial charge on any atom is 0.235 e. The first-order valence-electron chi connectivity index (χ1n) is 2.31. The van der Waals surface area contributed by atoms with Gasteiger partial charge in [-0.15, -0.1) is 11.8 Å². The van der Waals surface area contributed by atoms with Crippen molar-refractivity contribution in [2.75, 3.05) is 18.4 Å². The van der Waals surface area contributed by atoms with Gasteiger partial charge < -0.3 is 10.0 Å². The van der Waals surface area contributed by atoms with Crippen LogP contribution >= 0.6 is 11.8 Å². The van der Waals surface area contributed by atoms with Crippen molar-refractivity contribution in [1.82, 2.24) is 4.90 Å². The first kappa shape index (κ1) is 5.91. The van der Waals surface area contributed by atoms with Gasteiger partial charge in [-0.2, -0.15) is 0 Å². The molecular weight excluding hydrogens is 126 g/mol. The minimum atomic E-state index is -0.133. The molecule has 1 rings (SSSR count). The SMILES string of the molecule is O=C1CSCN1CO. The van der Waals surface area contributed by atoms with E-state index in [0.29, 0.717) is 11.6 Å². The second-order valence-electron chi connectivity index (χ2n) is 1.55. The second kappa shape index (κ2) is 2.37. The van der Waals surface area contributed by atoms with E-state index in [-0.39, 0.29) is 12.6 Å². The zero-order valence-corrected chi connectivity index (χ0v) is 5.15. The molecule has 1 amide bonds. The quantitative estimate of drug-likeness (QED) is 0.522. The van der Waals surface area contributed by atoms with Crippen LogP contribution in [0.5, 0.6) is 0 Å². The van der Waals surface area contributed by atoms with Gasteiger partial charge in [0.25, 0.3) is 0 Å². The first-order valence-corrected chi connectivity index (χ1v) is 3.46. The summed E-state index contributed by atoms with van der Waals surface area (Å²) in [5.74, 6) is 1.22. The molecule has 0 bridgehead atoms. The van der Waals surface area contributed by atoms with Crippen LogP contribution in [0.15, 0.2) is 0 Å². The van der Waals surface area contributed by atoms with Crippen molar-refractivity contribution in [3.8, 4) is 0 Å². The highest BCUT2D eigenvalue weighted by Gasteiger charge is 2.18. The molecule has 1 heterocycles. The van der Waals surface area contributed by atoms with Gasteiger partial charge in [0.1, 0.15) is 6.73 Å². The number of hydrogen-bond donors (Lipinski definition) is 1. The number of aliphatic hydroxyl groups excluding tert-OH is 1. The molecule has 0 aliphatic carbocycles. The number of carbonyl (C=O) groups excluding carboxylic acids is 1. The van der Waals surface area contributed by atoms with E-state index in [1.54, 1.807) is 0 Å². The van der Waals surface area contributed by atoms with Gasteiger partial charge in [-0.1, -0.05) is 0 Å². The number of nitrogens with zero attached hydrogens (tertiary/aromatic N) is 1. The molecule has 0 aromatic heterocycles. The van der Waals surface area contributed by atoms with Gasteiger partial charge in [0.2, 0.25) is 5.91 Å². The molecule has 3 nitrogen and oxygen atoms in total. The lowest BCUT2D eigenvalue weighted by molar-refractivity contribution is -0.129. The van der Waals surface area contributed by atoms with Crippen LogP contribution in [0.4, 0.5) is 0 Å². The Morgan fingerprint density at radius 1 is 1.88 bits per heavy atom. The predicted octanol–water partition coefficient (Wildman–Crippen LogP) is -0.531. The van der Waals surface area contributed by atoms with Crippen molar-refractivity contribution in [2.45, 2.75) is 0 Å². The Hall–Kier alpha value is -0.220. The summed E-state index contributed by atoms with van der Waals surface area (Å²) in [4.78, 5) is 12.0. The molecule has 0 aromatic carbocycles. The molecule has 1 N–H and O–H groups in total. The van der Waals surface area contributed by atoms with Crippen LogP contribution < -0.4 is 0 Å². The Kier molecular flexibility index (Phi) is 1.75. The first-order chi connectivity index (χ1) is 3.84. The minimum Gasteiger partial charge on any atom is -0.376 e. The third-order valence-electron chi connectivity index (χ3n) is 0.996. The van der Waals surface area contributed by atoms with Gasteiger partial charge >= 0.3 is 0 Å². The van der Waals surface area contributed by atoms with E-state index < -0.39 is 0 Å². The van der Waals surface area contributed by atoms with E-state index >= 15 is 0 Å². The standard InChI is InChI=1S/C4H7NO2S/c6-2-5-3-8-1-4(5)7/h6H,1-3H2. The third kappa shape index (κ3) is 0.952. The monoisotopic (exact) mass is 133 g/mol. The van der Waals surface area contributed by atoms with Crippen LogP contribution in [0, 0.1) is 0 Å². The Balaban J connectivity index is 2.42. The highest BCUT2D eigenvalue weighted by atomic mass is 32.2. The zero-order valence-electron chi connectivity index (χ0n) is 4.33. The van der Waals surface area contributed by atoms with E-state index in [9.17, 15) is 4.79 Å². The van der Waals surface area contributed by atoms with Gasteiger partial charge in [0.05, 0.1) is 11.6 Å². The van der Waals surface area contributed by atoms with Crippen molar-refractivity contribution < 1.29 is 9.90 Å². The molecule has 1 aliphatic rings. The maximum atomic E-state index is 10.6. The fraction of sp³-hybridized carbons (Fsp3) is 0.750. The molecule has 0 saturated carbocycles. The second-order valence-corrected chi connectivity index (χ2v) is 2.51. The lowest BCUT2D eigenvalue weighted by atomic mass is 10.6. The Bertz CT molecular complexity index is 106. The highest BCUT2D eigenvalue weighted by molar-refractivity contribution is 8.00. The third-order valence-corrected chi connectivity index (χ3v) is 1.94. The van der Waals surface area contributed by atoms with Crippen LogP contribution in [-0.2, 0) is 4.79 Å². The molecule has 4 heteroatoms. The molecule has 0 atom stereocenters. The minimum absolute atomic E-state index is 0.0394. The summed E-state index contributed by atoms with van der Waals surface area (Å²) in [6, 6.07) is 0. The molecule has 1 saturated heterocycles. The van der Waals surface area contributed by atoms with Crippen LogP contribution in [0.2, 0.25) is 0 Å². The number of hydrogen-bond acceptors (Lipinski definition) is 3. The maximum absolute atomic E-state index is 10.6. The Morgan fingerprint density at radius 2 is 2.62 bits per heavy atom. The highest BCUT2D eigenvalue weighted by Crippen LogP contribution is 2.12. The number of carbonyl (C=O) groups is 1. The number of amides is 1. The van der Waals surface area contributed by atoms with Crippen molar-refractivity contribution in [1.29, 1.82) is 0 Å². The van der Waals surface area contributed by atoms with Gasteiger partial charge in [0, 0.05) is 0 Å². The molecule has 0 unspecified atom stereocenters. The summed E-state index contributed by atoms with van der Waals surface area (Å²) in [7, 11) is 0. The van der Waals surface area contributed by atoms with Crippen molar-refractivity contribution in [3.63, 3.8) is 0 Å². The van der Waals surface area contributed by atoms with Gasteiger partial charge in [-0.05, 0) is 0 Å². The van der Waals surface area contributed by atoms with E-state index in [0.717, 1.165) is 0 Å². The summed E-state index contributed by atoms with van der Waals surface area (Å²) in [6.07, 6.45) is 0. The molecular formula is C4H7NO2S. The van der Waals surface area contributed by atoms with Crippen molar-refractivity contribution in [3.05, 3.63) is 0 Å². The Labute approximate surface area is 51.7 Å². The smallest absolute Gasteiger partial charge is 0.235 e. The van der Waals surface area contributed by atoms with Crippen LogP contribution in [-0.4, -0.2) is 34.3 Å². The average molecular weight is 133 g/mol. The number of aliphatic hydroxyl groups is 1. The fourth-order valence-electron chi connectivity index (χ4n) is 0.526. The lowest BCUT2D eigenvalue weighted by Gasteiger charge is -2.07. The summed E-state index contributed by atoms with van der Waals surface area (Å²) < 4.78 is 0. The fourth-order valence-corrected chi connectivity index (χ4v) is 1.42. The zero-order chi connectivity index (χ0) is 5.98. The summed E-state index contributed by atoms with van der Waals surface area (Å²) >= 11 is 1.53. The predicted molar refractivity (Wildman–Crippen MR) is 31.3 cm³/mol. The number of rotatable bonds is 1. The molecule has 0 aromatic rings. The van der Waals surface area contributed by atoms with Gasteiger partial charge in [-0.3, -0.25) is 4.79 Å². The van der Waals surface area contributed by atoms with E-state index in [1.165, 1.54) is 16.7 Å². The van der Waals surface area contributed by atoms with Gasteiger partial charge in [-0.25, -0.2) is 0 Å². The molecule has 8 heavy (non-hydrogen) atoms. The van der Waals surface area contributed by atoms with E-state index in [4.69, 9.17) is 5.11 Å². The molecule has 46 valence electrons. The topological polar surface area (TPSA) is 40.5 Å². The summed E-state index contributed by atoms with van der Waals surface area (Å²) in [6.45, 7) is -0.133. The Morgan fingerprint density at radius 3 is 2.88 bits per heavy atom. The normalized spacial score (nSPS) is 20.1. The van der Waals surface area contributed by atoms with Gasteiger partial charge in [0.15, 0.2) is 0 Å². The molecule has 1 fully saturated rings. The molecule has 0 radical (unpaired) electrons. The molecule has 1 aliphatic heterocycles.